The molecule has 0 bridgehead atoms. The van der Waals surface area contributed by atoms with E-state index in [1.165, 1.54) is 19.1 Å². The molecular weight excluding hydrogens is 532 g/mol. The van der Waals surface area contributed by atoms with Crippen LogP contribution < -0.4 is 20.3 Å². The van der Waals surface area contributed by atoms with Crippen LogP contribution in [0.25, 0.3) is 0 Å². The predicted molar refractivity (Wildman–Crippen MR) is 142 cm³/mol. The minimum absolute atomic E-state index is 0.0618. The largest absolute Gasteiger partial charge is 0.482 e. The van der Waals surface area contributed by atoms with Gasteiger partial charge in [-0.3, -0.25) is 4.79 Å². The number of nitrogens with one attached hydrogen (secondary N) is 2. The van der Waals surface area contributed by atoms with Gasteiger partial charge in [0.2, 0.25) is 5.91 Å². The molecule has 3 aliphatic heterocycles. The molecule has 2 saturated heterocycles. The fraction of sp³-hybridized carbons (Fsp3) is 0.536. The zero-order chi connectivity index (χ0) is 27.6. The number of fused-ring (bicyclic) bond motifs is 1. The van der Waals surface area contributed by atoms with Crippen molar-refractivity contribution in [3.63, 3.8) is 0 Å². The molecule has 0 radical (unpaired) electrons. The molecule has 0 saturated carbocycles. The molecule has 11 heteroatoms. The number of ether oxygens (including phenoxy) is 3. The number of aliphatic hydroxyl groups is 1. The number of carbonyl (C=O) groups excluding carboxylic acids is 1. The van der Waals surface area contributed by atoms with E-state index in [-0.39, 0.29) is 24.9 Å². The number of amides is 1. The SMILES string of the molecule is CC(=O)N[C@@H](Cc1cc(F)cc(F)c1)[C@H](O)CN[C@H]1C[C@]2(CCOC2)Oc2c1cc(Cl)cc2N1CCOCC1. The Morgan fingerprint density at radius 3 is 2.56 bits per heavy atom. The van der Waals surface area contributed by atoms with E-state index in [9.17, 15) is 18.7 Å². The third-order valence-electron chi connectivity index (χ3n) is 7.56. The Balaban J connectivity index is 1.38. The molecule has 39 heavy (non-hydrogen) atoms. The van der Waals surface area contributed by atoms with E-state index in [2.05, 4.69) is 15.5 Å². The molecule has 3 heterocycles. The molecule has 1 amide bonds. The lowest BCUT2D eigenvalue weighted by Gasteiger charge is -2.42. The monoisotopic (exact) mass is 565 g/mol. The van der Waals surface area contributed by atoms with Crippen molar-refractivity contribution in [3.8, 4) is 5.75 Å². The Morgan fingerprint density at radius 1 is 1.15 bits per heavy atom. The third-order valence-corrected chi connectivity index (χ3v) is 7.77. The number of anilines is 1. The van der Waals surface area contributed by atoms with E-state index in [1.54, 1.807) is 0 Å². The van der Waals surface area contributed by atoms with Crippen LogP contribution in [0.15, 0.2) is 30.3 Å². The van der Waals surface area contributed by atoms with Gasteiger partial charge in [-0.25, -0.2) is 8.78 Å². The Kier molecular flexibility index (Phi) is 8.58. The van der Waals surface area contributed by atoms with Gasteiger partial charge < -0.3 is 34.9 Å². The number of hydrogen-bond donors (Lipinski definition) is 3. The molecule has 0 aromatic heterocycles. The van der Waals surface area contributed by atoms with Crippen molar-refractivity contribution in [3.05, 3.63) is 58.1 Å². The van der Waals surface area contributed by atoms with Crippen LogP contribution in [-0.4, -0.2) is 74.8 Å². The number of aliphatic hydroxyl groups excluding tert-OH is 1. The molecule has 2 fully saturated rings. The highest BCUT2D eigenvalue weighted by Crippen LogP contribution is 2.49. The number of carbonyl (C=O) groups is 1. The number of nitrogens with zero attached hydrogens (tertiary/aromatic N) is 1. The first-order chi connectivity index (χ1) is 18.7. The van der Waals surface area contributed by atoms with Gasteiger partial charge in [0.25, 0.3) is 0 Å². The molecule has 3 N–H and O–H groups in total. The Hall–Kier alpha value is -2.50. The van der Waals surface area contributed by atoms with Gasteiger partial charge in [-0.2, -0.15) is 0 Å². The van der Waals surface area contributed by atoms with Crippen molar-refractivity contribution in [2.24, 2.45) is 0 Å². The van der Waals surface area contributed by atoms with Crippen LogP contribution in [0, 0.1) is 11.6 Å². The van der Waals surface area contributed by atoms with E-state index in [4.69, 9.17) is 25.8 Å². The highest BCUT2D eigenvalue weighted by molar-refractivity contribution is 6.31. The van der Waals surface area contributed by atoms with Crippen molar-refractivity contribution in [1.29, 1.82) is 0 Å². The van der Waals surface area contributed by atoms with Crippen LogP contribution in [0.4, 0.5) is 14.5 Å². The second kappa shape index (κ2) is 11.9. The van der Waals surface area contributed by atoms with Crippen molar-refractivity contribution >= 4 is 23.2 Å². The second-order valence-corrected chi connectivity index (χ2v) is 11.0. The average Bonchev–Trinajstić information content (AvgIpc) is 3.33. The quantitative estimate of drug-likeness (QED) is 0.453. The fourth-order valence-electron chi connectivity index (χ4n) is 5.69. The number of morpholine rings is 1. The van der Waals surface area contributed by atoms with Gasteiger partial charge in [0.15, 0.2) is 0 Å². The first-order valence-corrected chi connectivity index (χ1v) is 13.7. The molecule has 2 aromatic rings. The van der Waals surface area contributed by atoms with E-state index in [0.717, 1.165) is 42.6 Å². The van der Waals surface area contributed by atoms with Gasteiger partial charge >= 0.3 is 0 Å². The Labute approximate surface area is 231 Å². The summed E-state index contributed by atoms with van der Waals surface area (Å²) >= 11 is 6.58. The summed E-state index contributed by atoms with van der Waals surface area (Å²) in [5.41, 5.74) is 1.62. The van der Waals surface area contributed by atoms with Crippen molar-refractivity contribution in [1.82, 2.24) is 10.6 Å². The summed E-state index contributed by atoms with van der Waals surface area (Å²) in [7, 11) is 0. The maximum Gasteiger partial charge on any atom is 0.217 e. The molecule has 1 spiro atoms. The summed E-state index contributed by atoms with van der Waals surface area (Å²) < 4.78 is 45.5. The van der Waals surface area contributed by atoms with Gasteiger partial charge in [0.05, 0.1) is 44.3 Å². The van der Waals surface area contributed by atoms with Crippen molar-refractivity contribution in [2.45, 2.75) is 50.0 Å². The minimum atomic E-state index is -1.04. The average molecular weight is 566 g/mol. The first kappa shape index (κ1) is 28.0. The van der Waals surface area contributed by atoms with Gasteiger partial charge in [-0.1, -0.05) is 11.6 Å². The molecule has 4 atom stereocenters. The summed E-state index contributed by atoms with van der Waals surface area (Å²) in [6.07, 6.45) is 0.361. The van der Waals surface area contributed by atoms with E-state index >= 15 is 0 Å². The Bertz CT molecular complexity index is 1170. The van der Waals surface area contributed by atoms with Crippen LogP contribution in [-0.2, 0) is 20.7 Å². The lowest BCUT2D eigenvalue weighted by atomic mass is 9.85. The van der Waals surface area contributed by atoms with Gasteiger partial charge in [0.1, 0.15) is 23.0 Å². The van der Waals surface area contributed by atoms with E-state index in [0.29, 0.717) is 43.4 Å². The lowest BCUT2D eigenvalue weighted by molar-refractivity contribution is -0.120. The maximum atomic E-state index is 13.8. The topological polar surface area (TPSA) is 92.3 Å². The van der Waals surface area contributed by atoms with E-state index < -0.39 is 29.4 Å². The smallest absolute Gasteiger partial charge is 0.217 e. The number of benzene rings is 2. The maximum absolute atomic E-state index is 13.8. The van der Waals surface area contributed by atoms with E-state index in [1.807, 2.05) is 12.1 Å². The predicted octanol–water partition coefficient (Wildman–Crippen LogP) is 3.14. The molecular formula is C28H34ClF2N3O5. The fourth-order valence-corrected chi connectivity index (χ4v) is 5.91. The highest BCUT2D eigenvalue weighted by Gasteiger charge is 2.45. The zero-order valence-corrected chi connectivity index (χ0v) is 22.6. The van der Waals surface area contributed by atoms with Gasteiger partial charge in [-0.15, -0.1) is 0 Å². The summed E-state index contributed by atoms with van der Waals surface area (Å²) in [6.45, 7) is 5.17. The third kappa shape index (κ3) is 6.63. The summed E-state index contributed by atoms with van der Waals surface area (Å²) in [6, 6.07) is 6.01. The standard InChI is InChI=1S/C28H34ClF2N3O5/c1-17(35)33-23(10-18-8-20(30)13-21(31)9-18)26(36)15-32-24-14-28(2-5-38-16-28)39-27-22(24)11-19(29)12-25(27)34-3-6-37-7-4-34/h8-9,11-13,23-24,26,32,36H,2-7,10,14-16H2,1H3,(H,33,35)/t23-,24-,26+,28-/m0/s1. The summed E-state index contributed by atoms with van der Waals surface area (Å²) in [5.74, 6) is -1.03. The highest BCUT2D eigenvalue weighted by atomic mass is 35.5. The molecule has 0 unspecified atom stereocenters. The van der Waals surface area contributed by atoms with Crippen LogP contribution in [0.1, 0.15) is 36.9 Å². The van der Waals surface area contributed by atoms with Crippen LogP contribution in [0.2, 0.25) is 5.02 Å². The first-order valence-electron chi connectivity index (χ1n) is 13.3. The number of hydrogen-bond acceptors (Lipinski definition) is 7. The minimum Gasteiger partial charge on any atom is -0.482 e. The lowest BCUT2D eigenvalue weighted by Crippen LogP contribution is -2.50. The van der Waals surface area contributed by atoms with Crippen LogP contribution >= 0.6 is 11.6 Å². The zero-order valence-electron chi connectivity index (χ0n) is 21.9. The molecule has 0 aliphatic carbocycles. The van der Waals surface area contributed by atoms with Gasteiger partial charge in [-0.05, 0) is 36.2 Å². The van der Waals surface area contributed by atoms with Crippen LogP contribution in [0.3, 0.4) is 0 Å². The second-order valence-electron chi connectivity index (χ2n) is 10.6. The van der Waals surface area contributed by atoms with Gasteiger partial charge in [0, 0.05) is 62.1 Å². The Morgan fingerprint density at radius 2 is 1.90 bits per heavy atom. The molecule has 5 rings (SSSR count). The molecule has 2 aromatic carbocycles. The molecule has 8 nitrogen and oxygen atoms in total. The normalized spacial score (nSPS) is 24.2. The van der Waals surface area contributed by atoms with Crippen LogP contribution in [0.5, 0.6) is 5.75 Å². The summed E-state index contributed by atoms with van der Waals surface area (Å²) in [5, 5.41) is 17.9. The molecule has 212 valence electrons. The molecule has 3 aliphatic rings. The van der Waals surface area contributed by atoms with Crippen molar-refractivity contribution in [2.75, 3.05) is 51.0 Å². The number of rotatable bonds is 8. The number of halogens is 3. The summed E-state index contributed by atoms with van der Waals surface area (Å²) in [4.78, 5) is 14.1. The van der Waals surface area contributed by atoms with Crippen molar-refractivity contribution < 1.29 is 32.9 Å².